The molecule has 0 aromatic carbocycles. The minimum Gasteiger partial charge on any atom is -0.311 e. The van der Waals surface area contributed by atoms with Gasteiger partial charge in [-0.25, -0.2) is 0 Å². The third-order valence-corrected chi connectivity index (χ3v) is 3.79. The molecule has 0 aromatic rings. The second-order valence-corrected chi connectivity index (χ2v) is 5.29. The lowest BCUT2D eigenvalue weighted by molar-refractivity contribution is 0.197. The first-order valence-corrected chi connectivity index (χ1v) is 6.54. The van der Waals surface area contributed by atoms with Crippen molar-refractivity contribution in [2.45, 2.75) is 65.0 Å². The Balaban J connectivity index is 2.41. The third-order valence-electron chi connectivity index (χ3n) is 3.79. The molecule has 1 fully saturated rings. The summed E-state index contributed by atoms with van der Waals surface area (Å²) in [4.78, 5) is 0. The van der Waals surface area contributed by atoms with Crippen LogP contribution >= 0.6 is 0 Å². The first-order valence-electron chi connectivity index (χ1n) is 6.54. The molecule has 1 aliphatic rings. The first-order chi connectivity index (χ1) is 7.17. The van der Waals surface area contributed by atoms with Crippen molar-refractivity contribution in [3.8, 4) is 0 Å². The van der Waals surface area contributed by atoms with Crippen molar-refractivity contribution in [1.29, 1.82) is 0 Å². The lowest BCUT2D eigenvalue weighted by Gasteiger charge is -2.36. The summed E-state index contributed by atoms with van der Waals surface area (Å²) in [5, 5.41) is 3.77. The van der Waals surface area contributed by atoms with Gasteiger partial charge in [0.25, 0.3) is 0 Å². The molecule has 88 valence electrons. The summed E-state index contributed by atoms with van der Waals surface area (Å²) in [5.74, 6) is 1.82. The van der Waals surface area contributed by atoms with Crippen molar-refractivity contribution in [2.75, 3.05) is 0 Å². The van der Waals surface area contributed by atoms with Gasteiger partial charge in [-0.2, -0.15) is 0 Å². The fraction of sp³-hybridized carbons (Fsp3) is 0.857. The highest BCUT2D eigenvalue weighted by Gasteiger charge is 2.27. The summed E-state index contributed by atoms with van der Waals surface area (Å²) in [6.45, 7) is 10.8. The molecule has 1 aliphatic carbocycles. The van der Waals surface area contributed by atoms with E-state index in [4.69, 9.17) is 0 Å². The largest absolute Gasteiger partial charge is 0.311 e. The smallest absolute Gasteiger partial charge is 0.00980 e. The third kappa shape index (κ3) is 3.98. The van der Waals surface area contributed by atoms with Crippen molar-refractivity contribution < 1.29 is 0 Å². The summed E-state index contributed by atoms with van der Waals surface area (Å²) >= 11 is 0. The maximum Gasteiger partial charge on any atom is 0.00980 e. The molecule has 1 rings (SSSR count). The van der Waals surface area contributed by atoms with E-state index in [9.17, 15) is 0 Å². The quantitative estimate of drug-likeness (QED) is 0.680. The van der Waals surface area contributed by atoms with Crippen molar-refractivity contribution in [3.05, 3.63) is 12.7 Å². The maximum atomic E-state index is 3.80. The molecule has 0 heterocycles. The highest BCUT2D eigenvalue weighted by atomic mass is 15.0. The van der Waals surface area contributed by atoms with Crippen LogP contribution in [0.15, 0.2) is 12.7 Å². The first kappa shape index (κ1) is 12.8. The van der Waals surface area contributed by atoms with Crippen LogP contribution in [0, 0.1) is 11.8 Å². The van der Waals surface area contributed by atoms with Crippen LogP contribution in [0.1, 0.15) is 52.9 Å². The molecule has 1 N–H and O–H groups in total. The predicted molar refractivity (Wildman–Crippen MR) is 68.0 cm³/mol. The Morgan fingerprint density at radius 3 is 2.80 bits per heavy atom. The Morgan fingerprint density at radius 2 is 2.20 bits per heavy atom. The molecule has 0 amide bonds. The van der Waals surface area contributed by atoms with Crippen LogP contribution in [0.3, 0.4) is 0 Å². The van der Waals surface area contributed by atoms with E-state index in [1.807, 2.05) is 6.08 Å². The molecule has 0 bridgehead atoms. The van der Waals surface area contributed by atoms with Crippen LogP contribution in [0.5, 0.6) is 0 Å². The molecule has 0 saturated heterocycles. The van der Waals surface area contributed by atoms with Gasteiger partial charge in [-0.15, -0.1) is 6.58 Å². The van der Waals surface area contributed by atoms with E-state index in [1.54, 1.807) is 0 Å². The van der Waals surface area contributed by atoms with Gasteiger partial charge in [-0.05, 0) is 44.4 Å². The summed E-state index contributed by atoms with van der Waals surface area (Å²) in [5.41, 5.74) is 0. The van der Waals surface area contributed by atoms with Crippen molar-refractivity contribution in [2.24, 2.45) is 11.8 Å². The molecule has 1 heteroatoms. The van der Waals surface area contributed by atoms with Crippen molar-refractivity contribution in [1.82, 2.24) is 5.32 Å². The zero-order valence-corrected chi connectivity index (χ0v) is 10.6. The number of hydrogen-bond acceptors (Lipinski definition) is 1. The second-order valence-electron chi connectivity index (χ2n) is 5.29. The van der Waals surface area contributed by atoms with Crippen LogP contribution in [-0.2, 0) is 0 Å². The van der Waals surface area contributed by atoms with Crippen LogP contribution in [0.4, 0.5) is 0 Å². The fourth-order valence-corrected chi connectivity index (χ4v) is 2.85. The zero-order valence-electron chi connectivity index (χ0n) is 10.6. The average Bonchev–Trinajstić information content (AvgIpc) is 2.21. The molecule has 0 radical (unpaired) electrons. The average molecular weight is 209 g/mol. The summed E-state index contributed by atoms with van der Waals surface area (Å²) in [6, 6.07) is 1.34. The molecule has 15 heavy (non-hydrogen) atoms. The molecule has 0 spiro atoms. The van der Waals surface area contributed by atoms with Gasteiger partial charge in [0.05, 0.1) is 0 Å². The lowest BCUT2D eigenvalue weighted by Crippen LogP contribution is -2.44. The minimum absolute atomic E-state index is 0.593. The van der Waals surface area contributed by atoms with Gasteiger partial charge in [-0.1, -0.05) is 26.3 Å². The molecular formula is C14H27N. The van der Waals surface area contributed by atoms with Crippen LogP contribution in [-0.4, -0.2) is 12.1 Å². The van der Waals surface area contributed by atoms with E-state index in [0.717, 1.165) is 24.3 Å². The molecule has 1 saturated carbocycles. The number of nitrogens with one attached hydrogen (secondary N) is 1. The van der Waals surface area contributed by atoms with E-state index in [0.29, 0.717) is 6.04 Å². The molecular weight excluding hydrogens is 182 g/mol. The Hall–Kier alpha value is -0.300. The summed E-state index contributed by atoms with van der Waals surface area (Å²) in [7, 11) is 0. The number of rotatable bonds is 5. The normalized spacial score (nSPS) is 33.7. The van der Waals surface area contributed by atoms with Gasteiger partial charge in [-0.3, -0.25) is 0 Å². The van der Waals surface area contributed by atoms with Crippen LogP contribution in [0.25, 0.3) is 0 Å². The van der Waals surface area contributed by atoms with Crippen molar-refractivity contribution in [3.63, 3.8) is 0 Å². The SMILES string of the molecule is C=CCC(C)NC1CCC(C)CC1CC. The predicted octanol–water partition coefficient (Wildman–Crippen LogP) is 3.76. The van der Waals surface area contributed by atoms with Gasteiger partial charge in [0.15, 0.2) is 0 Å². The van der Waals surface area contributed by atoms with E-state index in [-0.39, 0.29) is 0 Å². The molecule has 4 unspecified atom stereocenters. The Bertz CT molecular complexity index is 188. The molecule has 1 nitrogen and oxygen atoms in total. The number of hydrogen-bond donors (Lipinski definition) is 1. The fourth-order valence-electron chi connectivity index (χ4n) is 2.85. The Kier molecular flexibility index (Phi) is 5.38. The van der Waals surface area contributed by atoms with Crippen LogP contribution < -0.4 is 5.32 Å². The van der Waals surface area contributed by atoms with Gasteiger partial charge >= 0.3 is 0 Å². The topological polar surface area (TPSA) is 12.0 Å². The van der Waals surface area contributed by atoms with Gasteiger partial charge < -0.3 is 5.32 Å². The monoisotopic (exact) mass is 209 g/mol. The molecule has 0 aliphatic heterocycles. The lowest BCUT2D eigenvalue weighted by atomic mass is 9.77. The van der Waals surface area contributed by atoms with Gasteiger partial charge in [0.1, 0.15) is 0 Å². The van der Waals surface area contributed by atoms with Crippen molar-refractivity contribution >= 4 is 0 Å². The highest BCUT2D eigenvalue weighted by Crippen LogP contribution is 2.31. The van der Waals surface area contributed by atoms with E-state index >= 15 is 0 Å². The molecule has 0 aromatic heterocycles. The second kappa shape index (κ2) is 6.32. The van der Waals surface area contributed by atoms with E-state index in [1.165, 1.54) is 25.7 Å². The highest BCUT2D eigenvalue weighted by molar-refractivity contribution is 4.86. The zero-order chi connectivity index (χ0) is 11.3. The summed E-state index contributed by atoms with van der Waals surface area (Å²) in [6.07, 6.45) is 8.60. The summed E-state index contributed by atoms with van der Waals surface area (Å²) < 4.78 is 0. The van der Waals surface area contributed by atoms with Crippen LogP contribution in [0.2, 0.25) is 0 Å². The Labute approximate surface area is 95.3 Å². The van der Waals surface area contributed by atoms with E-state index < -0.39 is 0 Å². The Morgan fingerprint density at radius 1 is 1.47 bits per heavy atom. The van der Waals surface area contributed by atoms with Gasteiger partial charge in [0.2, 0.25) is 0 Å². The standard InChI is InChI=1S/C14H27N/c1-5-7-12(4)15-14-9-8-11(3)10-13(14)6-2/h5,11-15H,1,6-10H2,2-4H3. The van der Waals surface area contributed by atoms with Gasteiger partial charge in [0, 0.05) is 12.1 Å². The minimum atomic E-state index is 0.593. The van der Waals surface area contributed by atoms with E-state index in [2.05, 4.69) is 32.7 Å². The maximum absolute atomic E-state index is 3.80. The molecule has 4 atom stereocenters.